The molecule has 0 amide bonds. The van der Waals surface area contributed by atoms with Crippen molar-refractivity contribution in [1.29, 1.82) is 0 Å². The molecule has 2 atom stereocenters. The number of aliphatic hydroxyl groups excluding tert-OH is 1. The SMILES string of the molecule is CN(CCC(C)(C)C(N)=NO)C1CCCCC1O. The van der Waals surface area contributed by atoms with Gasteiger partial charge in [0.15, 0.2) is 0 Å². The fourth-order valence-electron chi connectivity index (χ4n) is 2.49. The van der Waals surface area contributed by atoms with Gasteiger partial charge in [-0.3, -0.25) is 0 Å². The lowest BCUT2D eigenvalue weighted by Crippen LogP contribution is -2.45. The van der Waals surface area contributed by atoms with Gasteiger partial charge in [-0.25, -0.2) is 0 Å². The second-order valence-electron chi connectivity index (χ2n) is 6.02. The Morgan fingerprint density at radius 2 is 2.00 bits per heavy atom. The molecule has 0 spiro atoms. The largest absolute Gasteiger partial charge is 0.409 e. The van der Waals surface area contributed by atoms with Gasteiger partial charge in [0.25, 0.3) is 0 Å². The molecular formula is C13H27N3O2. The standard InChI is InChI=1S/C13H27N3O2/c1-13(2,12(14)15-18)8-9-16(3)10-6-4-5-7-11(10)17/h10-11,17-18H,4-9H2,1-3H3,(H2,14,15). The summed E-state index contributed by atoms with van der Waals surface area (Å²) in [4.78, 5) is 2.20. The van der Waals surface area contributed by atoms with Crippen LogP contribution in [-0.4, -0.2) is 46.8 Å². The fraction of sp³-hybridized carbons (Fsp3) is 0.923. The van der Waals surface area contributed by atoms with Gasteiger partial charge in [-0.15, -0.1) is 0 Å². The van der Waals surface area contributed by atoms with Gasteiger partial charge in [-0.2, -0.15) is 0 Å². The van der Waals surface area contributed by atoms with E-state index >= 15 is 0 Å². The Morgan fingerprint density at radius 3 is 2.56 bits per heavy atom. The van der Waals surface area contributed by atoms with Crippen LogP contribution in [0, 0.1) is 5.41 Å². The normalized spacial score (nSPS) is 26.6. The van der Waals surface area contributed by atoms with Crippen LogP contribution >= 0.6 is 0 Å². The monoisotopic (exact) mass is 257 g/mol. The Hall–Kier alpha value is -0.810. The topological polar surface area (TPSA) is 82.1 Å². The number of hydrogen-bond acceptors (Lipinski definition) is 4. The third kappa shape index (κ3) is 3.85. The Labute approximate surface area is 110 Å². The van der Waals surface area contributed by atoms with Crippen LogP contribution < -0.4 is 5.73 Å². The molecule has 106 valence electrons. The predicted molar refractivity (Wildman–Crippen MR) is 72.7 cm³/mol. The number of rotatable bonds is 5. The summed E-state index contributed by atoms with van der Waals surface area (Å²) < 4.78 is 0. The number of hydrogen-bond donors (Lipinski definition) is 3. The number of nitrogens with two attached hydrogens (primary N) is 1. The van der Waals surface area contributed by atoms with E-state index in [9.17, 15) is 5.11 Å². The zero-order chi connectivity index (χ0) is 13.8. The van der Waals surface area contributed by atoms with E-state index in [0.717, 1.165) is 32.2 Å². The highest BCUT2D eigenvalue weighted by molar-refractivity contribution is 5.85. The first-order valence-electron chi connectivity index (χ1n) is 6.75. The molecule has 1 rings (SSSR count). The average molecular weight is 257 g/mol. The minimum Gasteiger partial charge on any atom is -0.409 e. The smallest absolute Gasteiger partial charge is 0.144 e. The summed E-state index contributed by atoms with van der Waals surface area (Å²) in [5.41, 5.74) is 5.36. The highest BCUT2D eigenvalue weighted by Gasteiger charge is 2.29. The van der Waals surface area contributed by atoms with E-state index in [1.165, 1.54) is 6.42 Å². The van der Waals surface area contributed by atoms with Gasteiger partial charge in [0.2, 0.25) is 0 Å². The molecule has 2 unspecified atom stereocenters. The maximum atomic E-state index is 9.99. The van der Waals surface area contributed by atoms with E-state index in [1.54, 1.807) is 0 Å². The molecule has 0 aromatic carbocycles. The minimum atomic E-state index is -0.317. The summed E-state index contributed by atoms with van der Waals surface area (Å²) in [6, 6.07) is 0.252. The van der Waals surface area contributed by atoms with E-state index in [1.807, 2.05) is 20.9 Å². The number of oxime groups is 1. The van der Waals surface area contributed by atoms with Crippen molar-refractivity contribution in [1.82, 2.24) is 4.90 Å². The number of likely N-dealkylation sites (N-methyl/N-ethyl adjacent to an activating group) is 1. The van der Waals surface area contributed by atoms with Gasteiger partial charge in [0, 0.05) is 11.5 Å². The maximum Gasteiger partial charge on any atom is 0.144 e. The summed E-state index contributed by atoms with van der Waals surface area (Å²) in [6.07, 6.45) is 4.87. The van der Waals surface area contributed by atoms with Crippen molar-refractivity contribution in [2.24, 2.45) is 16.3 Å². The molecule has 0 aromatic rings. The molecule has 1 fully saturated rings. The van der Waals surface area contributed by atoms with E-state index in [2.05, 4.69) is 10.1 Å². The Morgan fingerprint density at radius 1 is 1.39 bits per heavy atom. The quantitative estimate of drug-likeness (QED) is 0.301. The third-order valence-electron chi connectivity index (χ3n) is 4.15. The molecular weight excluding hydrogens is 230 g/mol. The molecule has 5 nitrogen and oxygen atoms in total. The molecule has 5 heteroatoms. The van der Waals surface area contributed by atoms with Crippen LogP contribution in [0.25, 0.3) is 0 Å². The van der Waals surface area contributed by atoms with E-state index in [0.29, 0.717) is 0 Å². The summed E-state index contributed by atoms with van der Waals surface area (Å²) in [5.74, 6) is 0.264. The molecule has 0 saturated heterocycles. The summed E-state index contributed by atoms with van der Waals surface area (Å²) >= 11 is 0. The first kappa shape index (κ1) is 15.2. The summed E-state index contributed by atoms with van der Waals surface area (Å²) in [6.45, 7) is 4.77. The lowest BCUT2D eigenvalue weighted by Gasteiger charge is -2.36. The lowest BCUT2D eigenvalue weighted by molar-refractivity contribution is 0.0293. The van der Waals surface area contributed by atoms with Crippen molar-refractivity contribution in [3.63, 3.8) is 0 Å². The van der Waals surface area contributed by atoms with E-state index < -0.39 is 0 Å². The molecule has 4 N–H and O–H groups in total. The maximum absolute atomic E-state index is 9.99. The molecule has 0 bridgehead atoms. The van der Waals surface area contributed by atoms with Crippen molar-refractivity contribution in [2.45, 2.75) is 58.1 Å². The highest BCUT2D eigenvalue weighted by Crippen LogP contribution is 2.25. The van der Waals surface area contributed by atoms with Crippen LogP contribution in [0.2, 0.25) is 0 Å². The van der Waals surface area contributed by atoms with Crippen LogP contribution in [0.3, 0.4) is 0 Å². The van der Waals surface area contributed by atoms with Crippen LogP contribution in [0.5, 0.6) is 0 Å². The molecule has 18 heavy (non-hydrogen) atoms. The first-order valence-corrected chi connectivity index (χ1v) is 6.75. The van der Waals surface area contributed by atoms with Crippen molar-refractivity contribution in [3.05, 3.63) is 0 Å². The van der Waals surface area contributed by atoms with Crippen molar-refractivity contribution in [2.75, 3.05) is 13.6 Å². The van der Waals surface area contributed by atoms with Crippen molar-refractivity contribution >= 4 is 5.84 Å². The molecule has 1 aliphatic carbocycles. The highest BCUT2D eigenvalue weighted by atomic mass is 16.4. The third-order valence-corrected chi connectivity index (χ3v) is 4.15. The van der Waals surface area contributed by atoms with Crippen LogP contribution in [0.1, 0.15) is 46.0 Å². The van der Waals surface area contributed by atoms with E-state index in [-0.39, 0.29) is 23.4 Å². The molecule has 1 saturated carbocycles. The van der Waals surface area contributed by atoms with Gasteiger partial charge >= 0.3 is 0 Å². The van der Waals surface area contributed by atoms with Gasteiger partial charge in [0.05, 0.1) is 6.10 Å². The second kappa shape index (κ2) is 6.38. The molecule has 0 radical (unpaired) electrons. The Kier molecular flexibility index (Phi) is 5.41. The van der Waals surface area contributed by atoms with Crippen molar-refractivity contribution in [3.8, 4) is 0 Å². The first-order chi connectivity index (χ1) is 8.38. The van der Waals surface area contributed by atoms with Gasteiger partial charge < -0.3 is 20.9 Å². The number of amidine groups is 1. The van der Waals surface area contributed by atoms with Crippen LogP contribution in [0.4, 0.5) is 0 Å². The Balaban J connectivity index is 2.47. The molecule has 0 heterocycles. The minimum absolute atomic E-state index is 0.212. The number of aliphatic hydroxyl groups is 1. The Bertz CT molecular complexity index is 292. The zero-order valence-electron chi connectivity index (χ0n) is 11.8. The molecule has 0 aliphatic heterocycles. The average Bonchev–Trinajstić information content (AvgIpc) is 2.35. The fourth-order valence-corrected chi connectivity index (χ4v) is 2.49. The van der Waals surface area contributed by atoms with Gasteiger partial charge in [-0.1, -0.05) is 31.8 Å². The van der Waals surface area contributed by atoms with Gasteiger partial charge in [0.1, 0.15) is 5.84 Å². The molecule has 1 aliphatic rings. The lowest BCUT2D eigenvalue weighted by atomic mass is 9.86. The zero-order valence-corrected chi connectivity index (χ0v) is 11.8. The van der Waals surface area contributed by atoms with Crippen molar-refractivity contribution < 1.29 is 10.3 Å². The summed E-state index contributed by atoms with van der Waals surface area (Å²) in [5, 5.41) is 21.8. The molecule has 0 aromatic heterocycles. The van der Waals surface area contributed by atoms with E-state index in [4.69, 9.17) is 10.9 Å². The summed E-state index contributed by atoms with van der Waals surface area (Å²) in [7, 11) is 2.04. The predicted octanol–water partition coefficient (Wildman–Crippen LogP) is 1.38. The second-order valence-corrected chi connectivity index (χ2v) is 6.02. The van der Waals surface area contributed by atoms with Crippen LogP contribution in [0.15, 0.2) is 5.16 Å². The number of nitrogens with zero attached hydrogens (tertiary/aromatic N) is 2. The van der Waals surface area contributed by atoms with Gasteiger partial charge in [-0.05, 0) is 32.9 Å². The van der Waals surface area contributed by atoms with Crippen LogP contribution in [-0.2, 0) is 0 Å².